The molecule has 1 aliphatic rings. The van der Waals surface area contributed by atoms with E-state index in [1.165, 1.54) is 18.2 Å². The van der Waals surface area contributed by atoms with Gasteiger partial charge >= 0.3 is 0 Å². The van der Waals surface area contributed by atoms with Gasteiger partial charge in [0, 0.05) is 56.8 Å². The number of hydrogen-bond acceptors (Lipinski definition) is 5. The van der Waals surface area contributed by atoms with E-state index in [2.05, 4.69) is 9.80 Å². The van der Waals surface area contributed by atoms with Crippen molar-refractivity contribution in [3.8, 4) is 0 Å². The number of carbonyl (C=O) groups is 1. The lowest BCUT2D eigenvalue weighted by molar-refractivity contribution is -0.384. The summed E-state index contributed by atoms with van der Waals surface area (Å²) >= 11 is 0. The molecule has 0 bridgehead atoms. The molecule has 2 aromatic carbocycles. The van der Waals surface area contributed by atoms with Crippen LogP contribution in [-0.4, -0.2) is 53.2 Å². The van der Waals surface area contributed by atoms with Crippen LogP contribution in [0.2, 0.25) is 0 Å². The van der Waals surface area contributed by atoms with Crippen LogP contribution < -0.4 is 0 Å². The van der Waals surface area contributed by atoms with Gasteiger partial charge in [-0.1, -0.05) is 30.3 Å². The molecule has 1 fully saturated rings. The lowest BCUT2D eigenvalue weighted by Crippen LogP contribution is -2.47. The van der Waals surface area contributed by atoms with Crippen LogP contribution in [0.5, 0.6) is 0 Å². The van der Waals surface area contributed by atoms with Crippen LogP contribution in [0, 0.1) is 15.9 Å². The standard InChI is InChI=1S/C20H22FN3O3.2ClH/c21-20-7-2-1-5-17(20)14-22-8-10-23(11-9-22)15-19(25)13-16-4-3-6-18(12-16)24(26)27;;/h1-7,12H,8-11,13-15H2;2*1H. The molecule has 0 unspecified atom stereocenters. The number of hydrogen-bond donors (Lipinski definition) is 0. The van der Waals surface area contributed by atoms with Crippen molar-refractivity contribution in [2.24, 2.45) is 0 Å². The second-order valence-corrected chi connectivity index (χ2v) is 6.79. The monoisotopic (exact) mass is 443 g/mol. The van der Waals surface area contributed by atoms with Crippen molar-refractivity contribution in [2.75, 3.05) is 32.7 Å². The summed E-state index contributed by atoms with van der Waals surface area (Å²) in [5, 5.41) is 10.8. The Morgan fingerprint density at radius 2 is 1.66 bits per heavy atom. The Morgan fingerprint density at radius 3 is 2.31 bits per heavy atom. The van der Waals surface area contributed by atoms with Gasteiger partial charge < -0.3 is 0 Å². The van der Waals surface area contributed by atoms with Gasteiger partial charge in [-0.2, -0.15) is 0 Å². The molecular formula is C20H24Cl2FN3O3. The minimum atomic E-state index is -0.456. The molecule has 1 saturated heterocycles. The fourth-order valence-electron chi connectivity index (χ4n) is 3.29. The summed E-state index contributed by atoms with van der Waals surface area (Å²) in [6, 6.07) is 13.0. The summed E-state index contributed by atoms with van der Waals surface area (Å²) < 4.78 is 13.8. The Kier molecular flexibility index (Phi) is 10.2. The van der Waals surface area contributed by atoms with E-state index in [9.17, 15) is 19.3 Å². The van der Waals surface area contributed by atoms with E-state index >= 15 is 0 Å². The summed E-state index contributed by atoms with van der Waals surface area (Å²) in [6.45, 7) is 3.94. The van der Waals surface area contributed by atoms with Crippen molar-refractivity contribution in [1.29, 1.82) is 0 Å². The first kappa shape index (κ1) is 25.0. The van der Waals surface area contributed by atoms with Gasteiger partial charge in [-0.25, -0.2) is 4.39 Å². The van der Waals surface area contributed by atoms with E-state index in [4.69, 9.17) is 0 Å². The second-order valence-electron chi connectivity index (χ2n) is 6.79. The number of nitrogens with zero attached hydrogens (tertiary/aromatic N) is 3. The number of Topliss-reactive ketones (excluding diaryl/α,β-unsaturated/α-hetero) is 1. The van der Waals surface area contributed by atoms with Gasteiger partial charge in [-0.15, -0.1) is 24.8 Å². The molecule has 0 spiro atoms. The van der Waals surface area contributed by atoms with Gasteiger partial charge in [-0.05, 0) is 11.6 Å². The first-order valence-corrected chi connectivity index (χ1v) is 8.94. The summed E-state index contributed by atoms with van der Waals surface area (Å²) in [5.41, 5.74) is 1.35. The highest BCUT2D eigenvalue weighted by atomic mass is 35.5. The number of nitro benzene ring substituents is 1. The maximum atomic E-state index is 13.8. The molecule has 1 aliphatic heterocycles. The quantitative estimate of drug-likeness (QED) is 0.483. The Morgan fingerprint density at radius 1 is 1.00 bits per heavy atom. The van der Waals surface area contributed by atoms with E-state index in [-0.39, 0.29) is 48.5 Å². The van der Waals surface area contributed by atoms with Crippen LogP contribution in [-0.2, 0) is 17.8 Å². The predicted octanol–water partition coefficient (Wildman–Crippen LogP) is 3.51. The fraction of sp³-hybridized carbons (Fsp3) is 0.350. The third kappa shape index (κ3) is 7.36. The van der Waals surface area contributed by atoms with Gasteiger partial charge in [0.2, 0.25) is 0 Å². The van der Waals surface area contributed by atoms with Gasteiger partial charge in [0.25, 0.3) is 5.69 Å². The van der Waals surface area contributed by atoms with E-state index in [1.807, 2.05) is 6.07 Å². The average molecular weight is 444 g/mol. The molecule has 9 heteroatoms. The molecule has 6 nitrogen and oxygen atoms in total. The summed E-state index contributed by atoms with van der Waals surface area (Å²) in [4.78, 5) is 26.9. The second kappa shape index (κ2) is 11.8. The van der Waals surface area contributed by atoms with Crippen molar-refractivity contribution in [3.63, 3.8) is 0 Å². The molecule has 2 aromatic rings. The molecule has 1 heterocycles. The molecule has 0 amide bonds. The van der Waals surface area contributed by atoms with Crippen molar-refractivity contribution in [3.05, 3.63) is 75.6 Å². The number of piperazine rings is 1. The van der Waals surface area contributed by atoms with Gasteiger partial charge in [0.05, 0.1) is 11.5 Å². The van der Waals surface area contributed by atoms with Crippen molar-refractivity contribution in [2.45, 2.75) is 13.0 Å². The molecular weight excluding hydrogens is 420 g/mol. The largest absolute Gasteiger partial charge is 0.298 e. The van der Waals surface area contributed by atoms with Gasteiger partial charge in [0.15, 0.2) is 5.78 Å². The van der Waals surface area contributed by atoms with Crippen molar-refractivity contribution in [1.82, 2.24) is 9.80 Å². The van der Waals surface area contributed by atoms with Gasteiger partial charge in [0.1, 0.15) is 5.82 Å². The van der Waals surface area contributed by atoms with Crippen LogP contribution in [0.15, 0.2) is 48.5 Å². The third-order valence-corrected chi connectivity index (χ3v) is 4.74. The Labute approximate surface area is 181 Å². The summed E-state index contributed by atoms with van der Waals surface area (Å²) in [6.07, 6.45) is 0.192. The van der Waals surface area contributed by atoms with Crippen molar-refractivity contribution < 1.29 is 14.1 Å². The Hall–Kier alpha value is -2.06. The zero-order valence-corrected chi connectivity index (χ0v) is 17.5. The summed E-state index contributed by atoms with van der Waals surface area (Å²) in [5.74, 6) is -0.148. The molecule has 158 valence electrons. The number of non-ortho nitro benzene ring substituents is 1. The number of nitro groups is 1. The minimum Gasteiger partial charge on any atom is -0.298 e. The molecule has 0 aromatic heterocycles. The maximum absolute atomic E-state index is 13.8. The van der Waals surface area contributed by atoms with Crippen LogP contribution in [0.25, 0.3) is 0 Å². The van der Waals surface area contributed by atoms with E-state index in [1.54, 1.807) is 24.3 Å². The van der Waals surface area contributed by atoms with Crippen LogP contribution >= 0.6 is 24.8 Å². The van der Waals surface area contributed by atoms with E-state index in [0.717, 1.165) is 26.2 Å². The van der Waals surface area contributed by atoms with Gasteiger partial charge in [-0.3, -0.25) is 24.7 Å². The number of benzene rings is 2. The average Bonchev–Trinajstić information content (AvgIpc) is 2.65. The minimum absolute atomic E-state index is 0. The lowest BCUT2D eigenvalue weighted by atomic mass is 10.1. The third-order valence-electron chi connectivity index (χ3n) is 4.74. The Bertz CT molecular complexity index is 830. The summed E-state index contributed by atoms with van der Waals surface area (Å²) in [7, 11) is 0. The molecule has 0 saturated carbocycles. The first-order chi connectivity index (χ1) is 13.0. The molecule has 0 radical (unpaired) electrons. The topological polar surface area (TPSA) is 66.7 Å². The fourth-order valence-corrected chi connectivity index (χ4v) is 3.29. The molecule has 3 rings (SSSR count). The molecule has 0 N–H and O–H groups in total. The predicted molar refractivity (Wildman–Crippen MR) is 114 cm³/mol. The normalized spacial score (nSPS) is 14.5. The number of rotatable bonds is 7. The SMILES string of the molecule is Cl.Cl.O=C(Cc1cccc([N+](=O)[O-])c1)CN1CCN(Cc2ccccc2F)CC1. The maximum Gasteiger partial charge on any atom is 0.269 e. The highest BCUT2D eigenvalue weighted by Crippen LogP contribution is 2.15. The van der Waals surface area contributed by atoms with Crippen LogP contribution in [0.4, 0.5) is 10.1 Å². The van der Waals surface area contributed by atoms with Crippen molar-refractivity contribution >= 4 is 36.3 Å². The number of halogens is 3. The highest BCUT2D eigenvalue weighted by Gasteiger charge is 2.20. The smallest absolute Gasteiger partial charge is 0.269 e. The van der Waals surface area contributed by atoms with Crippen LogP contribution in [0.3, 0.4) is 0 Å². The molecule has 29 heavy (non-hydrogen) atoms. The highest BCUT2D eigenvalue weighted by molar-refractivity contribution is 5.85. The first-order valence-electron chi connectivity index (χ1n) is 8.94. The number of carbonyl (C=O) groups excluding carboxylic acids is 1. The zero-order chi connectivity index (χ0) is 19.2. The molecule has 0 aliphatic carbocycles. The number of ketones is 1. The van der Waals surface area contributed by atoms with E-state index in [0.29, 0.717) is 24.2 Å². The molecule has 0 atom stereocenters. The lowest BCUT2D eigenvalue weighted by Gasteiger charge is -2.34. The van der Waals surface area contributed by atoms with Crippen LogP contribution in [0.1, 0.15) is 11.1 Å². The van der Waals surface area contributed by atoms with E-state index < -0.39 is 4.92 Å². The Balaban J connectivity index is 0.00000210. The zero-order valence-electron chi connectivity index (χ0n) is 15.8.